The normalized spacial score (nSPS) is 12.0. The number of rotatable bonds is 5. The standard InChI is InChI=1S/C19H20N4O2/c1-4-16-20-9-8-15(22-16)18-21-10-11-23(18)17(19(24)25-3)14-7-5-6-13(2)12-14/h5-12,17H,4H2,1-3H3/t17-/m1/s1. The van der Waals surface area contributed by atoms with Gasteiger partial charge in [-0.15, -0.1) is 0 Å². The van der Waals surface area contributed by atoms with Gasteiger partial charge in [-0.1, -0.05) is 36.8 Å². The highest BCUT2D eigenvalue weighted by Gasteiger charge is 2.26. The van der Waals surface area contributed by atoms with Crippen LogP contribution >= 0.6 is 0 Å². The Morgan fingerprint density at radius 1 is 1.24 bits per heavy atom. The number of ether oxygens (including phenoxy) is 1. The van der Waals surface area contributed by atoms with Gasteiger partial charge in [0.15, 0.2) is 11.9 Å². The van der Waals surface area contributed by atoms with Gasteiger partial charge in [0, 0.05) is 25.0 Å². The van der Waals surface area contributed by atoms with Gasteiger partial charge in [-0.05, 0) is 18.6 Å². The predicted octanol–water partition coefficient (Wildman–Crippen LogP) is 2.97. The zero-order valence-electron chi connectivity index (χ0n) is 14.5. The van der Waals surface area contributed by atoms with E-state index in [0.29, 0.717) is 11.5 Å². The summed E-state index contributed by atoms with van der Waals surface area (Å²) in [4.78, 5) is 25.7. The average Bonchev–Trinajstić information content (AvgIpc) is 3.11. The van der Waals surface area contributed by atoms with Crippen molar-refractivity contribution in [2.45, 2.75) is 26.3 Å². The molecular weight excluding hydrogens is 316 g/mol. The largest absolute Gasteiger partial charge is 0.467 e. The van der Waals surface area contributed by atoms with Crippen LogP contribution in [0.3, 0.4) is 0 Å². The van der Waals surface area contributed by atoms with Crippen LogP contribution in [-0.2, 0) is 16.0 Å². The fourth-order valence-corrected chi connectivity index (χ4v) is 2.78. The third-order valence-electron chi connectivity index (χ3n) is 3.98. The predicted molar refractivity (Wildman–Crippen MR) is 94.0 cm³/mol. The van der Waals surface area contributed by atoms with Crippen molar-refractivity contribution in [1.82, 2.24) is 19.5 Å². The van der Waals surface area contributed by atoms with E-state index in [1.807, 2.05) is 38.1 Å². The number of hydrogen-bond donors (Lipinski definition) is 0. The molecule has 0 saturated heterocycles. The van der Waals surface area contributed by atoms with Crippen molar-refractivity contribution < 1.29 is 9.53 Å². The van der Waals surface area contributed by atoms with Gasteiger partial charge in [0.2, 0.25) is 0 Å². The van der Waals surface area contributed by atoms with Crippen molar-refractivity contribution in [2.24, 2.45) is 0 Å². The summed E-state index contributed by atoms with van der Waals surface area (Å²) in [7, 11) is 1.39. The van der Waals surface area contributed by atoms with Crippen molar-refractivity contribution in [2.75, 3.05) is 7.11 Å². The van der Waals surface area contributed by atoms with E-state index in [1.54, 1.807) is 29.2 Å². The number of carbonyl (C=O) groups is 1. The lowest BCUT2D eigenvalue weighted by molar-refractivity contribution is -0.143. The van der Waals surface area contributed by atoms with Crippen LogP contribution in [0.25, 0.3) is 11.5 Å². The summed E-state index contributed by atoms with van der Waals surface area (Å²) < 4.78 is 6.84. The molecule has 6 heteroatoms. The lowest BCUT2D eigenvalue weighted by Crippen LogP contribution is -2.22. The molecule has 0 saturated carbocycles. The molecule has 1 atom stereocenters. The molecule has 128 valence electrons. The summed E-state index contributed by atoms with van der Waals surface area (Å²) in [5, 5.41) is 0. The molecule has 25 heavy (non-hydrogen) atoms. The van der Waals surface area contributed by atoms with Gasteiger partial charge in [-0.3, -0.25) is 0 Å². The van der Waals surface area contributed by atoms with Crippen LogP contribution in [0.5, 0.6) is 0 Å². The highest BCUT2D eigenvalue weighted by Crippen LogP contribution is 2.26. The van der Waals surface area contributed by atoms with Crippen LogP contribution in [0.1, 0.15) is 29.9 Å². The van der Waals surface area contributed by atoms with Gasteiger partial charge in [0.25, 0.3) is 0 Å². The number of carbonyl (C=O) groups excluding carboxylic acids is 1. The van der Waals surface area contributed by atoms with Crippen molar-refractivity contribution in [1.29, 1.82) is 0 Å². The number of imidazole rings is 1. The lowest BCUT2D eigenvalue weighted by Gasteiger charge is -2.19. The maximum absolute atomic E-state index is 12.5. The number of aryl methyl sites for hydroxylation is 2. The van der Waals surface area contributed by atoms with E-state index in [2.05, 4.69) is 15.0 Å². The second kappa shape index (κ2) is 7.25. The van der Waals surface area contributed by atoms with Crippen LogP contribution < -0.4 is 0 Å². The van der Waals surface area contributed by atoms with E-state index in [-0.39, 0.29) is 5.97 Å². The van der Waals surface area contributed by atoms with Crippen molar-refractivity contribution in [3.63, 3.8) is 0 Å². The first-order valence-electron chi connectivity index (χ1n) is 8.13. The molecule has 0 N–H and O–H groups in total. The molecule has 0 fully saturated rings. The number of methoxy groups -OCH3 is 1. The zero-order chi connectivity index (χ0) is 17.8. The van der Waals surface area contributed by atoms with Gasteiger partial charge in [-0.25, -0.2) is 19.7 Å². The van der Waals surface area contributed by atoms with Gasteiger partial charge >= 0.3 is 5.97 Å². The number of nitrogens with zero attached hydrogens (tertiary/aromatic N) is 4. The Morgan fingerprint density at radius 2 is 2.08 bits per heavy atom. The Hall–Kier alpha value is -3.02. The van der Waals surface area contributed by atoms with Crippen LogP contribution in [0.15, 0.2) is 48.9 Å². The van der Waals surface area contributed by atoms with Crippen LogP contribution in [0, 0.1) is 6.92 Å². The lowest BCUT2D eigenvalue weighted by atomic mass is 10.0. The van der Waals surface area contributed by atoms with Gasteiger partial charge in [-0.2, -0.15) is 0 Å². The molecule has 1 aromatic carbocycles. The van der Waals surface area contributed by atoms with E-state index in [9.17, 15) is 4.79 Å². The second-order valence-electron chi connectivity index (χ2n) is 5.71. The number of esters is 1. The SMILES string of the molecule is CCc1nccc(-c2nccn2[C@@H](C(=O)OC)c2cccc(C)c2)n1. The Balaban J connectivity index is 2.12. The van der Waals surface area contributed by atoms with Crippen LogP contribution in [0.2, 0.25) is 0 Å². The first-order valence-corrected chi connectivity index (χ1v) is 8.13. The number of hydrogen-bond acceptors (Lipinski definition) is 5. The molecule has 0 unspecified atom stereocenters. The summed E-state index contributed by atoms with van der Waals surface area (Å²) in [6.45, 7) is 3.99. The van der Waals surface area contributed by atoms with E-state index in [4.69, 9.17) is 4.74 Å². The minimum Gasteiger partial charge on any atom is -0.467 e. The molecule has 0 aliphatic rings. The maximum atomic E-state index is 12.5. The monoisotopic (exact) mass is 336 g/mol. The summed E-state index contributed by atoms with van der Waals surface area (Å²) in [6, 6.07) is 8.98. The molecule has 0 aliphatic heterocycles. The molecule has 3 rings (SSSR count). The molecule has 0 aliphatic carbocycles. The molecule has 2 aromatic heterocycles. The molecule has 2 heterocycles. The van der Waals surface area contributed by atoms with Crippen molar-refractivity contribution >= 4 is 5.97 Å². The summed E-state index contributed by atoms with van der Waals surface area (Å²) in [5.41, 5.74) is 2.60. The van der Waals surface area contributed by atoms with E-state index in [1.165, 1.54) is 7.11 Å². The zero-order valence-corrected chi connectivity index (χ0v) is 14.5. The van der Waals surface area contributed by atoms with E-state index in [0.717, 1.165) is 23.4 Å². The molecule has 0 spiro atoms. The molecule has 3 aromatic rings. The topological polar surface area (TPSA) is 69.9 Å². The van der Waals surface area contributed by atoms with Crippen molar-refractivity contribution in [3.05, 3.63) is 65.9 Å². The minimum absolute atomic E-state index is 0.352. The average molecular weight is 336 g/mol. The van der Waals surface area contributed by atoms with Crippen molar-refractivity contribution in [3.8, 4) is 11.5 Å². The smallest absolute Gasteiger partial charge is 0.333 e. The molecule has 0 amide bonds. The Morgan fingerprint density at radius 3 is 2.80 bits per heavy atom. The summed E-state index contributed by atoms with van der Waals surface area (Å²) in [6.07, 6.45) is 5.87. The molecular formula is C19H20N4O2. The highest BCUT2D eigenvalue weighted by atomic mass is 16.5. The highest BCUT2D eigenvalue weighted by molar-refractivity contribution is 5.79. The fraction of sp³-hybridized carbons (Fsp3) is 0.263. The summed E-state index contributed by atoms with van der Waals surface area (Å²) >= 11 is 0. The Kier molecular flexibility index (Phi) is 4.88. The maximum Gasteiger partial charge on any atom is 0.333 e. The van der Waals surface area contributed by atoms with Crippen LogP contribution in [0.4, 0.5) is 0 Å². The third-order valence-corrected chi connectivity index (χ3v) is 3.98. The van der Waals surface area contributed by atoms with Gasteiger partial charge in [0.05, 0.1) is 7.11 Å². The Bertz CT molecular complexity index is 888. The third kappa shape index (κ3) is 3.42. The fourth-order valence-electron chi connectivity index (χ4n) is 2.78. The first-order chi connectivity index (χ1) is 12.1. The summed E-state index contributed by atoms with van der Waals surface area (Å²) in [5.74, 6) is 0.987. The van der Waals surface area contributed by atoms with Gasteiger partial charge in [0.1, 0.15) is 11.5 Å². The second-order valence-corrected chi connectivity index (χ2v) is 5.71. The first kappa shape index (κ1) is 16.8. The quantitative estimate of drug-likeness (QED) is 0.670. The van der Waals surface area contributed by atoms with E-state index >= 15 is 0 Å². The number of aromatic nitrogens is 4. The van der Waals surface area contributed by atoms with Gasteiger partial charge < -0.3 is 9.30 Å². The molecule has 0 bridgehead atoms. The minimum atomic E-state index is -0.623. The molecule has 0 radical (unpaired) electrons. The number of benzene rings is 1. The molecule has 6 nitrogen and oxygen atoms in total. The van der Waals surface area contributed by atoms with E-state index < -0.39 is 6.04 Å². The van der Waals surface area contributed by atoms with Crippen LogP contribution in [-0.4, -0.2) is 32.6 Å². The Labute approximate surface area is 146 Å².